The molecule has 53 heavy (non-hydrogen) atoms. The van der Waals surface area contributed by atoms with Gasteiger partial charge in [0.15, 0.2) is 0 Å². The molecule has 1 heterocycles. The Bertz CT molecular complexity index is 3320. The molecule has 0 aliphatic rings. The highest BCUT2D eigenvalue weighted by atomic mass is 15.1. The van der Waals surface area contributed by atoms with Gasteiger partial charge >= 0.3 is 0 Å². The molecule has 0 radical (unpaired) electrons. The number of rotatable bonds is 6. The van der Waals surface area contributed by atoms with E-state index in [2.05, 4.69) is 47.0 Å². The number of nitrogens with zero attached hydrogens (tertiary/aromatic N) is 2. The molecule has 0 fully saturated rings. The van der Waals surface area contributed by atoms with Crippen molar-refractivity contribution in [1.29, 1.82) is 0 Å². The Morgan fingerprint density at radius 2 is 0.887 bits per heavy atom. The number of aromatic nitrogens is 2. The molecule has 0 atom stereocenters. The fourth-order valence-electron chi connectivity index (χ4n) is 7.51. The van der Waals surface area contributed by atoms with E-state index in [0.717, 1.165) is 66.3 Å². The van der Waals surface area contributed by atoms with E-state index in [9.17, 15) is 0 Å². The van der Waals surface area contributed by atoms with Gasteiger partial charge in [0.25, 0.3) is 0 Å². The zero-order valence-corrected chi connectivity index (χ0v) is 28.3. The fourth-order valence-corrected chi connectivity index (χ4v) is 7.51. The second kappa shape index (κ2) is 12.9. The topological polar surface area (TPSA) is 17.8 Å². The predicted molar refractivity (Wildman–Crippen MR) is 223 cm³/mol. The van der Waals surface area contributed by atoms with Crippen molar-refractivity contribution < 1.29 is 13.7 Å². The van der Waals surface area contributed by atoms with Crippen molar-refractivity contribution in [2.45, 2.75) is 0 Å². The first kappa shape index (κ1) is 22.0. The van der Waals surface area contributed by atoms with Gasteiger partial charge in [-0.1, -0.05) is 170 Å². The summed E-state index contributed by atoms with van der Waals surface area (Å²) in [6.45, 7) is 0. The molecule has 10 aromatic rings. The smallest absolute Gasteiger partial charge is 0.145 e. The standard InChI is InChI=1S/C51H34N2/c1-4-18-35(19-5-1)38-32-39(36-20-6-2-7-21-36)34-40(33-38)49-41-24-10-12-26-43(41)50(44-27-13-11-25-42(44)49)45-28-14-16-30-47(45)53-48-31-17-15-29-46(48)52-51(53)37-22-8-3-9-23-37/h1-34H/i1D,2D,4D,5D,6D,7D,18D,19D,20D,21D. The molecule has 1 aromatic heterocycles. The Kier molecular flexibility index (Phi) is 5.38. The molecule has 9 aromatic carbocycles. The van der Waals surface area contributed by atoms with Crippen molar-refractivity contribution in [2.24, 2.45) is 0 Å². The lowest BCUT2D eigenvalue weighted by Gasteiger charge is -2.21. The summed E-state index contributed by atoms with van der Waals surface area (Å²) in [5.74, 6) is 0.791. The van der Waals surface area contributed by atoms with Crippen molar-refractivity contribution in [3.8, 4) is 61.6 Å². The van der Waals surface area contributed by atoms with Crippen LogP contribution in [0.25, 0.3) is 94.2 Å². The molecule has 0 amide bonds. The van der Waals surface area contributed by atoms with E-state index in [1.54, 1.807) is 18.2 Å². The zero-order valence-electron chi connectivity index (χ0n) is 38.3. The molecule has 2 heteroatoms. The van der Waals surface area contributed by atoms with Gasteiger partial charge < -0.3 is 0 Å². The number of imidazole rings is 1. The van der Waals surface area contributed by atoms with Crippen LogP contribution in [0.1, 0.15) is 13.7 Å². The third-order valence-electron chi connectivity index (χ3n) is 9.74. The van der Waals surface area contributed by atoms with Crippen LogP contribution in [0.2, 0.25) is 0 Å². The van der Waals surface area contributed by atoms with E-state index in [1.165, 1.54) is 0 Å². The molecule has 0 N–H and O–H groups in total. The highest BCUT2D eigenvalue weighted by Crippen LogP contribution is 2.47. The summed E-state index contributed by atoms with van der Waals surface area (Å²) in [6, 6.07) is 42.7. The average molecular weight is 685 g/mol. The van der Waals surface area contributed by atoms with E-state index < -0.39 is 60.4 Å². The van der Waals surface area contributed by atoms with Crippen LogP contribution in [0, 0.1) is 0 Å². The molecule has 0 saturated carbocycles. The Labute approximate surface area is 323 Å². The minimum absolute atomic E-state index is 0.0718. The lowest BCUT2D eigenvalue weighted by Crippen LogP contribution is -2.01. The van der Waals surface area contributed by atoms with Gasteiger partial charge in [-0.3, -0.25) is 4.57 Å². The number of benzene rings is 9. The second-order valence-corrected chi connectivity index (χ2v) is 12.8. The van der Waals surface area contributed by atoms with Crippen LogP contribution in [-0.4, -0.2) is 9.55 Å². The maximum Gasteiger partial charge on any atom is 0.145 e. The van der Waals surface area contributed by atoms with Crippen LogP contribution >= 0.6 is 0 Å². The molecule has 0 aliphatic carbocycles. The normalized spacial score (nSPS) is 14.0. The number of hydrogen-bond donors (Lipinski definition) is 0. The summed E-state index contributed by atoms with van der Waals surface area (Å²) >= 11 is 0. The fraction of sp³-hybridized carbons (Fsp3) is 0. The Morgan fingerprint density at radius 1 is 0.396 bits per heavy atom. The molecule has 248 valence electrons. The summed E-state index contributed by atoms with van der Waals surface area (Å²) in [7, 11) is 0. The largest absolute Gasteiger partial charge is 0.292 e. The SMILES string of the molecule is [2H]c1c([2H])c([2H])c(-c2cc(-c3c([2H])c([2H])c([2H])c([2H])c3[2H])cc(-c3c4ccccc4c(-c4ccccc4-n4c(-c5ccccc5)nc5ccccc54)c4ccccc34)c2)c([2H])c1[2H]. The van der Waals surface area contributed by atoms with Gasteiger partial charge in [0, 0.05) is 11.1 Å². The lowest BCUT2D eigenvalue weighted by molar-refractivity contribution is 1.10. The number of hydrogen-bond acceptors (Lipinski definition) is 1. The van der Waals surface area contributed by atoms with Gasteiger partial charge in [0.2, 0.25) is 0 Å². The van der Waals surface area contributed by atoms with Crippen molar-refractivity contribution in [3.63, 3.8) is 0 Å². The van der Waals surface area contributed by atoms with Gasteiger partial charge in [-0.05, 0) is 96.9 Å². The van der Waals surface area contributed by atoms with Crippen LogP contribution in [0.15, 0.2) is 206 Å². The van der Waals surface area contributed by atoms with E-state index in [0.29, 0.717) is 5.56 Å². The van der Waals surface area contributed by atoms with Gasteiger partial charge in [-0.2, -0.15) is 0 Å². The van der Waals surface area contributed by atoms with Crippen molar-refractivity contribution in [3.05, 3.63) is 206 Å². The van der Waals surface area contributed by atoms with E-state index in [1.807, 2.05) is 84.9 Å². The number of para-hydroxylation sites is 3. The highest BCUT2D eigenvalue weighted by Gasteiger charge is 2.22. The lowest BCUT2D eigenvalue weighted by atomic mass is 9.84. The molecule has 0 unspecified atom stereocenters. The molecule has 0 bridgehead atoms. The van der Waals surface area contributed by atoms with E-state index in [4.69, 9.17) is 18.7 Å². The van der Waals surface area contributed by atoms with Crippen LogP contribution in [-0.2, 0) is 0 Å². The van der Waals surface area contributed by atoms with E-state index >= 15 is 0 Å². The van der Waals surface area contributed by atoms with Crippen LogP contribution in [0.3, 0.4) is 0 Å². The predicted octanol–water partition coefficient (Wildman–Crippen LogP) is 13.7. The van der Waals surface area contributed by atoms with E-state index in [-0.39, 0.29) is 22.3 Å². The summed E-state index contributed by atoms with van der Waals surface area (Å²) in [6.07, 6.45) is 0. The second-order valence-electron chi connectivity index (χ2n) is 12.8. The highest BCUT2D eigenvalue weighted by molar-refractivity contribution is 6.22. The van der Waals surface area contributed by atoms with Crippen molar-refractivity contribution >= 4 is 32.6 Å². The van der Waals surface area contributed by atoms with Gasteiger partial charge in [0.1, 0.15) is 5.82 Å². The first-order chi connectivity index (χ1) is 30.5. The summed E-state index contributed by atoms with van der Waals surface area (Å²) in [4.78, 5) is 5.14. The Morgan fingerprint density at radius 3 is 1.51 bits per heavy atom. The van der Waals surface area contributed by atoms with Gasteiger partial charge in [-0.25, -0.2) is 4.98 Å². The average Bonchev–Trinajstić information content (AvgIpc) is 3.70. The Hall–Kier alpha value is -7.03. The van der Waals surface area contributed by atoms with Gasteiger partial charge in [-0.15, -0.1) is 0 Å². The molecular formula is C51H34N2. The first-order valence-electron chi connectivity index (χ1n) is 22.3. The van der Waals surface area contributed by atoms with Crippen LogP contribution < -0.4 is 0 Å². The third kappa shape index (κ3) is 5.32. The minimum Gasteiger partial charge on any atom is -0.292 e. The minimum atomic E-state index is -0.539. The monoisotopic (exact) mass is 684 g/mol. The van der Waals surface area contributed by atoms with Crippen molar-refractivity contribution in [1.82, 2.24) is 9.55 Å². The maximum absolute atomic E-state index is 8.95. The summed E-state index contributed by atoms with van der Waals surface area (Å²) < 4.78 is 88.7. The molecular weight excluding hydrogens is 641 g/mol. The quantitative estimate of drug-likeness (QED) is 0.159. The first-order valence-corrected chi connectivity index (χ1v) is 17.3. The molecule has 2 nitrogen and oxygen atoms in total. The molecule has 0 spiro atoms. The van der Waals surface area contributed by atoms with Crippen LogP contribution in [0.4, 0.5) is 0 Å². The summed E-state index contributed by atoms with van der Waals surface area (Å²) in [5, 5.41) is 3.49. The third-order valence-corrected chi connectivity index (χ3v) is 9.74. The van der Waals surface area contributed by atoms with Crippen LogP contribution in [0.5, 0.6) is 0 Å². The molecule has 0 aliphatic heterocycles. The van der Waals surface area contributed by atoms with Crippen molar-refractivity contribution in [2.75, 3.05) is 0 Å². The maximum atomic E-state index is 8.95. The molecule has 0 saturated heterocycles. The molecule has 10 rings (SSSR count). The summed E-state index contributed by atoms with van der Waals surface area (Å²) in [5.41, 5.74) is 7.21. The van der Waals surface area contributed by atoms with Gasteiger partial charge in [0.05, 0.1) is 30.4 Å². The number of fused-ring (bicyclic) bond motifs is 3. The zero-order chi connectivity index (χ0) is 43.8. The Balaban J connectivity index is 1.32.